The van der Waals surface area contributed by atoms with Gasteiger partial charge in [0, 0.05) is 23.8 Å². The van der Waals surface area contributed by atoms with Crippen molar-refractivity contribution in [2.75, 3.05) is 13.1 Å². The maximum atomic E-state index is 12.8. The van der Waals surface area contributed by atoms with Crippen LogP contribution in [0.25, 0.3) is 0 Å². The topological polar surface area (TPSA) is 42.9 Å². The van der Waals surface area contributed by atoms with Crippen molar-refractivity contribution in [1.29, 1.82) is 0 Å². The molecular weight excluding hydrogens is 298 g/mol. The molecule has 120 valence electrons. The molecule has 4 heteroatoms. The smallest absolute Gasteiger partial charge is 0.317 e. The van der Waals surface area contributed by atoms with Crippen LogP contribution < -0.4 is 5.32 Å². The Labute approximate surface area is 137 Å². The Bertz CT molecular complexity index is 543. The minimum Gasteiger partial charge on any atom is -0.459 e. The van der Waals surface area contributed by atoms with Gasteiger partial charge in [0.15, 0.2) is 0 Å². The Balaban J connectivity index is 1.72. The molecule has 3 rings (SSSR count). The quantitative estimate of drug-likeness (QED) is 0.866. The van der Waals surface area contributed by atoms with Crippen molar-refractivity contribution < 1.29 is 14.8 Å². The van der Waals surface area contributed by atoms with Crippen LogP contribution in [0.2, 0.25) is 5.02 Å². The second kappa shape index (κ2) is 5.86. The van der Waals surface area contributed by atoms with E-state index in [0.29, 0.717) is 10.9 Å². The first-order valence-electron chi connectivity index (χ1n) is 8.25. The molecule has 0 aromatic heterocycles. The number of halogens is 1. The minimum atomic E-state index is -0.428. The zero-order valence-corrected chi connectivity index (χ0v) is 14.2. The van der Waals surface area contributed by atoms with Crippen LogP contribution in [0.15, 0.2) is 24.3 Å². The van der Waals surface area contributed by atoms with Crippen LogP contribution in [0.1, 0.15) is 45.1 Å². The highest BCUT2D eigenvalue weighted by Crippen LogP contribution is 2.50. The van der Waals surface area contributed by atoms with Crippen molar-refractivity contribution in [3.05, 3.63) is 34.9 Å². The number of carbonyl (C=O) groups excluding carboxylic acids is 1. The van der Waals surface area contributed by atoms with Gasteiger partial charge in [-0.2, -0.15) is 0 Å². The zero-order chi connectivity index (χ0) is 15.8. The summed E-state index contributed by atoms with van der Waals surface area (Å²) in [6.45, 7) is 6.40. The van der Waals surface area contributed by atoms with Gasteiger partial charge in [-0.3, -0.25) is 4.79 Å². The van der Waals surface area contributed by atoms with E-state index < -0.39 is 5.41 Å². The lowest BCUT2D eigenvalue weighted by atomic mass is 9.83. The van der Waals surface area contributed by atoms with Crippen LogP contribution in [-0.2, 0) is 14.9 Å². The minimum absolute atomic E-state index is 0.0608. The lowest BCUT2D eigenvalue weighted by Gasteiger charge is -2.36. The molecule has 0 radical (unpaired) electrons. The predicted molar refractivity (Wildman–Crippen MR) is 86.9 cm³/mol. The molecule has 0 atom stereocenters. The molecule has 2 N–H and O–H groups in total. The third-order valence-corrected chi connectivity index (χ3v) is 5.57. The fourth-order valence-electron chi connectivity index (χ4n) is 3.55. The Morgan fingerprint density at radius 2 is 1.82 bits per heavy atom. The zero-order valence-electron chi connectivity index (χ0n) is 13.4. The van der Waals surface area contributed by atoms with Gasteiger partial charge in [0.1, 0.15) is 5.60 Å². The van der Waals surface area contributed by atoms with E-state index in [1.807, 2.05) is 24.3 Å². The molecule has 1 aliphatic carbocycles. The number of hydrogen-bond donors (Lipinski definition) is 1. The number of ether oxygens (including phenoxy) is 1. The fourth-order valence-corrected chi connectivity index (χ4v) is 3.67. The Morgan fingerprint density at radius 3 is 2.36 bits per heavy atom. The van der Waals surface area contributed by atoms with Crippen LogP contribution in [0.5, 0.6) is 0 Å². The molecule has 1 aliphatic heterocycles. The number of carbonyl (C=O) groups is 1. The highest BCUT2D eigenvalue weighted by atomic mass is 35.5. The van der Waals surface area contributed by atoms with E-state index in [1.165, 1.54) is 0 Å². The van der Waals surface area contributed by atoms with Gasteiger partial charge in [0.2, 0.25) is 0 Å². The number of benzene rings is 1. The largest absolute Gasteiger partial charge is 0.459 e. The Kier molecular flexibility index (Phi) is 4.21. The summed E-state index contributed by atoms with van der Waals surface area (Å²) in [6.07, 6.45) is 3.99. The van der Waals surface area contributed by atoms with E-state index in [2.05, 4.69) is 19.2 Å². The summed E-state index contributed by atoms with van der Waals surface area (Å²) >= 11 is 5.95. The van der Waals surface area contributed by atoms with Crippen LogP contribution in [-0.4, -0.2) is 24.7 Å². The molecule has 3 nitrogen and oxygen atoms in total. The van der Waals surface area contributed by atoms with E-state index in [-0.39, 0.29) is 11.6 Å². The molecule has 0 spiro atoms. The van der Waals surface area contributed by atoms with E-state index in [9.17, 15) is 4.79 Å². The molecule has 1 aromatic rings. The highest BCUT2D eigenvalue weighted by Gasteiger charge is 2.54. The molecule has 1 aromatic carbocycles. The van der Waals surface area contributed by atoms with Gasteiger partial charge in [-0.05, 0) is 44.4 Å². The van der Waals surface area contributed by atoms with Crippen molar-refractivity contribution in [2.24, 2.45) is 5.92 Å². The van der Waals surface area contributed by atoms with Crippen molar-refractivity contribution in [1.82, 2.24) is 0 Å². The first-order valence-corrected chi connectivity index (χ1v) is 8.63. The summed E-state index contributed by atoms with van der Waals surface area (Å²) < 4.78 is 6.00. The van der Waals surface area contributed by atoms with Crippen LogP contribution in [0, 0.1) is 5.92 Å². The van der Waals surface area contributed by atoms with E-state index in [1.54, 1.807) is 0 Å². The van der Waals surface area contributed by atoms with E-state index in [4.69, 9.17) is 16.3 Å². The average molecular weight is 323 g/mol. The SMILES string of the molecule is CC(C)(OC(=O)C1(c2ccc(Cl)cc2)CC1)C1CC[NH2+]CC1. The molecule has 2 aliphatic rings. The van der Waals surface area contributed by atoms with Crippen molar-refractivity contribution >= 4 is 17.6 Å². The first-order chi connectivity index (χ1) is 10.4. The molecule has 1 heterocycles. The maximum absolute atomic E-state index is 12.8. The van der Waals surface area contributed by atoms with Gasteiger partial charge in [-0.1, -0.05) is 23.7 Å². The summed E-state index contributed by atoms with van der Waals surface area (Å²) in [5, 5.41) is 3.04. The Morgan fingerprint density at radius 1 is 1.23 bits per heavy atom. The van der Waals surface area contributed by atoms with Gasteiger partial charge in [0.05, 0.1) is 18.5 Å². The number of hydrogen-bond acceptors (Lipinski definition) is 2. The fraction of sp³-hybridized carbons (Fsp3) is 0.611. The van der Waals surface area contributed by atoms with E-state index in [0.717, 1.165) is 44.3 Å². The molecule has 0 amide bonds. The maximum Gasteiger partial charge on any atom is 0.317 e. The summed E-state index contributed by atoms with van der Waals surface area (Å²) in [5.74, 6) is 0.400. The van der Waals surface area contributed by atoms with Crippen molar-refractivity contribution in [2.45, 2.75) is 50.5 Å². The number of piperidine rings is 1. The normalized spacial score (nSPS) is 21.4. The lowest BCUT2D eigenvalue weighted by Crippen LogP contribution is -2.86. The van der Waals surface area contributed by atoms with Gasteiger partial charge in [-0.25, -0.2) is 0 Å². The molecule has 0 unspecified atom stereocenters. The van der Waals surface area contributed by atoms with Gasteiger partial charge < -0.3 is 10.1 Å². The molecular formula is C18H25ClNO2+. The third kappa shape index (κ3) is 3.02. The standard InChI is InChI=1S/C18H24ClNO2/c1-17(2,13-7-11-20-12-8-13)22-16(21)18(9-10-18)14-3-5-15(19)6-4-14/h3-6,13,20H,7-12H2,1-2H3/p+1. The first kappa shape index (κ1) is 15.8. The lowest BCUT2D eigenvalue weighted by molar-refractivity contribution is -0.665. The van der Waals surface area contributed by atoms with Gasteiger partial charge in [-0.15, -0.1) is 0 Å². The predicted octanol–water partition coefficient (Wildman–Crippen LogP) is 2.67. The molecule has 22 heavy (non-hydrogen) atoms. The highest BCUT2D eigenvalue weighted by molar-refractivity contribution is 6.30. The Hall–Kier alpha value is -1.06. The monoisotopic (exact) mass is 322 g/mol. The van der Waals surface area contributed by atoms with Gasteiger partial charge >= 0.3 is 5.97 Å². The van der Waals surface area contributed by atoms with E-state index >= 15 is 0 Å². The third-order valence-electron chi connectivity index (χ3n) is 5.31. The number of rotatable bonds is 4. The van der Waals surface area contributed by atoms with Gasteiger partial charge in [0.25, 0.3) is 0 Å². The molecule has 2 fully saturated rings. The summed E-state index contributed by atoms with van der Waals surface area (Å²) in [5.41, 5.74) is 0.227. The number of quaternary nitrogens is 1. The van der Waals surface area contributed by atoms with Crippen LogP contribution >= 0.6 is 11.6 Å². The molecule has 1 saturated heterocycles. The van der Waals surface area contributed by atoms with Crippen molar-refractivity contribution in [3.8, 4) is 0 Å². The molecule has 1 saturated carbocycles. The average Bonchev–Trinajstić information content (AvgIpc) is 3.30. The van der Waals surface area contributed by atoms with Crippen LogP contribution in [0.3, 0.4) is 0 Å². The summed E-state index contributed by atoms with van der Waals surface area (Å²) in [6, 6.07) is 7.62. The van der Waals surface area contributed by atoms with Crippen LogP contribution in [0.4, 0.5) is 0 Å². The summed E-state index contributed by atoms with van der Waals surface area (Å²) in [4.78, 5) is 12.8. The van der Waals surface area contributed by atoms with Crippen molar-refractivity contribution in [3.63, 3.8) is 0 Å². The summed E-state index contributed by atoms with van der Waals surface area (Å²) in [7, 11) is 0. The molecule has 0 bridgehead atoms. The number of esters is 1. The second-order valence-electron chi connectivity index (χ2n) is 7.22. The second-order valence-corrected chi connectivity index (χ2v) is 7.66. The number of nitrogens with two attached hydrogens (primary N) is 1.